The number of carboxylic acid groups (broad SMARTS) is 1. The van der Waals surface area contributed by atoms with Crippen LogP contribution in [0.5, 0.6) is 0 Å². The Morgan fingerprint density at radius 3 is 2.63 bits per heavy atom. The van der Waals surface area contributed by atoms with Gasteiger partial charge >= 0.3 is 5.97 Å². The molecule has 174 valence electrons. The van der Waals surface area contributed by atoms with Crippen LogP contribution in [0.3, 0.4) is 0 Å². The van der Waals surface area contributed by atoms with E-state index < -0.39 is 5.97 Å². The number of anilines is 2. The SMILES string of the molecule is Cc1cc([C@@H](C)Nc2ccccc2C(=O)O)c2nc(N3CCc4ccccc4C3)c(C#N)nc2c1. The van der Waals surface area contributed by atoms with Crippen LogP contribution in [0.25, 0.3) is 11.0 Å². The third-order valence-electron chi connectivity index (χ3n) is 6.46. The molecule has 7 nitrogen and oxygen atoms in total. The van der Waals surface area contributed by atoms with E-state index in [-0.39, 0.29) is 11.6 Å². The zero-order valence-corrected chi connectivity index (χ0v) is 19.6. The molecule has 0 aliphatic carbocycles. The minimum absolute atomic E-state index is 0.210. The molecule has 0 fully saturated rings. The first-order valence-electron chi connectivity index (χ1n) is 11.6. The standard InChI is InChI=1S/C28H25N5O2/c1-17-13-22(18(2)30-23-10-6-5-9-21(23)28(34)35)26-24(14-17)31-25(15-29)27(32-26)33-12-11-19-7-3-4-8-20(19)16-33/h3-10,13-14,18,30H,11-12,16H2,1-2H3,(H,34,35)/t18-/m1/s1. The molecule has 0 spiro atoms. The van der Waals surface area contributed by atoms with Crippen molar-refractivity contribution in [2.24, 2.45) is 0 Å². The van der Waals surface area contributed by atoms with Gasteiger partial charge in [-0.25, -0.2) is 14.8 Å². The Kier molecular flexibility index (Phi) is 5.79. The van der Waals surface area contributed by atoms with Crippen molar-refractivity contribution in [3.63, 3.8) is 0 Å². The molecule has 1 aliphatic rings. The lowest BCUT2D eigenvalue weighted by Gasteiger charge is -2.30. The molecular weight excluding hydrogens is 438 g/mol. The van der Waals surface area contributed by atoms with E-state index in [0.717, 1.165) is 24.1 Å². The number of benzene rings is 3. The van der Waals surface area contributed by atoms with Crippen molar-refractivity contribution in [3.05, 3.63) is 94.2 Å². The number of aromatic nitrogens is 2. The molecule has 0 saturated heterocycles. The Bertz CT molecular complexity index is 1490. The molecule has 0 amide bonds. The minimum atomic E-state index is -0.986. The Hall–Kier alpha value is -4.44. The van der Waals surface area contributed by atoms with Crippen molar-refractivity contribution in [2.75, 3.05) is 16.8 Å². The lowest BCUT2D eigenvalue weighted by atomic mass is 9.99. The van der Waals surface area contributed by atoms with Crippen LogP contribution in [0.15, 0.2) is 60.7 Å². The molecule has 2 N–H and O–H groups in total. The number of carboxylic acids is 1. The van der Waals surface area contributed by atoms with E-state index in [4.69, 9.17) is 9.97 Å². The third-order valence-corrected chi connectivity index (χ3v) is 6.46. The Morgan fingerprint density at radius 2 is 1.86 bits per heavy atom. The van der Waals surface area contributed by atoms with Gasteiger partial charge in [-0.15, -0.1) is 0 Å². The summed E-state index contributed by atoms with van der Waals surface area (Å²) in [7, 11) is 0. The fourth-order valence-corrected chi connectivity index (χ4v) is 4.73. The molecule has 1 aliphatic heterocycles. The maximum Gasteiger partial charge on any atom is 0.337 e. The highest BCUT2D eigenvalue weighted by atomic mass is 16.4. The molecule has 0 radical (unpaired) electrons. The number of para-hydroxylation sites is 1. The van der Waals surface area contributed by atoms with Crippen LogP contribution in [0, 0.1) is 18.3 Å². The first-order valence-corrected chi connectivity index (χ1v) is 11.6. The van der Waals surface area contributed by atoms with Crippen LogP contribution in [-0.4, -0.2) is 27.6 Å². The van der Waals surface area contributed by atoms with Crippen molar-refractivity contribution in [1.82, 2.24) is 9.97 Å². The van der Waals surface area contributed by atoms with Crippen LogP contribution >= 0.6 is 0 Å². The zero-order chi connectivity index (χ0) is 24.5. The number of aromatic carboxylic acids is 1. The van der Waals surface area contributed by atoms with Gasteiger partial charge in [-0.1, -0.05) is 42.5 Å². The quantitative estimate of drug-likeness (QED) is 0.417. The second kappa shape index (κ2) is 9.07. The molecule has 0 saturated carbocycles. The summed E-state index contributed by atoms with van der Waals surface area (Å²) in [6.45, 7) is 5.38. The number of nitriles is 1. The van der Waals surface area contributed by atoms with E-state index in [9.17, 15) is 15.2 Å². The van der Waals surface area contributed by atoms with E-state index in [1.165, 1.54) is 11.1 Å². The van der Waals surface area contributed by atoms with E-state index in [1.807, 2.05) is 32.0 Å². The van der Waals surface area contributed by atoms with Gasteiger partial charge in [0.2, 0.25) is 0 Å². The van der Waals surface area contributed by atoms with Gasteiger partial charge < -0.3 is 15.3 Å². The fraction of sp³-hybridized carbons (Fsp3) is 0.214. The second-order valence-electron chi connectivity index (χ2n) is 8.89. The van der Waals surface area contributed by atoms with Crippen molar-refractivity contribution in [1.29, 1.82) is 5.26 Å². The van der Waals surface area contributed by atoms with Crippen molar-refractivity contribution in [3.8, 4) is 6.07 Å². The lowest BCUT2D eigenvalue weighted by molar-refractivity contribution is 0.0698. The lowest BCUT2D eigenvalue weighted by Crippen LogP contribution is -2.32. The van der Waals surface area contributed by atoms with Gasteiger partial charge in [0.1, 0.15) is 6.07 Å². The normalized spacial score (nSPS) is 13.7. The molecule has 5 rings (SSSR count). The average Bonchev–Trinajstić information content (AvgIpc) is 2.87. The zero-order valence-electron chi connectivity index (χ0n) is 19.6. The predicted octanol–water partition coefficient (Wildman–Crippen LogP) is 5.24. The minimum Gasteiger partial charge on any atom is -0.478 e. The monoisotopic (exact) mass is 463 g/mol. The topological polar surface area (TPSA) is 102 Å². The molecule has 0 unspecified atom stereocenters. The number of carbonyl (C=O) groups is 1. The average molecular weight is 464 g/mol. The molecule has 1 aromatic heterocycles. The smallest absolute Gasteiger partial charge is 0.337 e. The number of hydrogen-bond acceptors (Lipinski definition) is 6. The summed E-state index contributed by atoms with van der Waals surface area (Å²) >= 11 is 0. The summed E-state index contributed by atoms with van der Waals surface area (Å²) in [5.74, 6) is -0.404. The van der Waals surface area contributed by atoms with E-state index in [1.54, 1.807) is 24.3 Å². The molecule has 7 heteroatoms. The van der Waals surface area contributed by atoms with Crippen LogP contribution in [-0.2, 0) is 13.0 Å². The third kappa shape index (κ3) is 4.26. The van der Waals surface area contributed by atoms with Crippen molar-refractivity contribution in [2.45, 2.75) is 32.9 Å². The van der Waals surface area contributed by atoms with Gasteiger partial charge in [0.15, 0.2) is 11.5 Å². The van der Waals surface area contributed by atoms with Crippen molar-refractivity contribution < 1.29 is 9.90 Å². The van der Waals surface area contributed by atoms with Gasteiger partial charge in [0.05, 0.1) is 22.6 Å². The van der Waals surface area contributed by atoms with E-state index >= 15 is 0 Å². The van der Waals surface area contributed by atoms with E-state index in [0.29, 0.717) is 34.8 Å². The summed E-state index contributed by atoms with van der Waals surface area (Å²) in [5.41, 5.74) is 6.86. The summed E-state index contributed by atoms with van der Waals surface area (Å²) in [5, 5.41) is 22.8. The molecule has 4 aromatic rings. The number of nitrogens with zero attached hydrogens (tertiary/aromatic N) is 4. The molecule has 0 bridgehead atoms. The molecule has 1 atom stereocenters. The fourth-order valence-electron chi connectivity index (χ4n) is 4.73. The number of nitrogens with one attached hydrogen (secondary N) is 1. The highest BCUT2D eigenvalue weighted by Gasteiger charge is 2.23. The number of aryl methyl sites for hydroxylation is 1. The summed E-state index contributed by atoms with van der Waals surface area (Å²) < 4.78 is 0. The number of fused-ring (bicyclic) bond motifs is 2. The molecular formula is C28H25N5O2. The van der Waals surface area contributed by atoms with Crippen molar-refractivity contribution >= 4 is 28.5 Å². The summed E-state index contributed by atoms with van der Waals surface area (Å²) in [4.78, 5) is 23.5. The van der Waals surface area contributed by atoms with Gasteiger partial charge in [-0.3, -0.25) is 0 Å². The van der Waals surface area contributed by atoms with Gasteiger partial charge in [0, 0.05) is 24.3 Å². The number of rotatable bonds is 5. The summed E-state index contributed by atoms with van der Waals surface area (Å²) in [6, 6.07) is 21.2. The van der Waals surface area contributed by atoms with Gasteiger partial charge in [0.25, 0.3) is 0 Å². The van der Waals surface area contributed by atoms with E-state index in [2.05, 4.69) is 34.5 Å². The largest absolute Gasteiger partial charge is 0.478 e. The maximum absolute atomic E-state index is 11.7. The van der Waals surface area contributed by atoms with Gasteiger partial charge in [-0.2, -0.15) is 5.26 Å². The highest BCUT2D eigenvalue weighted by Crippen LogP contribution is 2.32. The first kappa shape index (κ1) is 22.4. The molecule has 35 heavy (non-hydrogen) atoms. The molecule has 3 aromatic carbocycles. The summed E-state index contributed by atoms with van der Waals surface area (Å²) in [6.07, 6.45) is 0.880. The Labute approximate surface area is 203 Å². The highest BCUT2D eigenvalue weighted by molar-refractivity contribution is 5.94. The predicted molar refractivity (Wildman–Crippen MR) is 136 cm³/mol. The maximum atomic E-state index is 11.7. The Balaban J connectivity index is 1.58. The van der Waals surface area contributed by atoms with Gasteiger partial charge in [-0.05, 0) is 55.2 Å². The van der Waals surface area contributed by atoms with Crippen LogP contribution in [0.1, 0.15) is 51.3 Å². The molecule has 2 heterocycles. The number of hydrogen-bond donors (Lipinski definition) is 2. The second-order valence-corrected chi connectivity index (χ2v) is 8.89. The first-order chi connectivity index (χ1) is 16.9. The van der Waals surface area contributed by atoms with Crippen LogP contribution in [0.2, 0.25) is 0 Å². The Morgan fingerprint density at radius 1 is 1.11 bits per heavy atom. The van der Waals surface area contributed by atoms with Crippen LogP contribution < -0.4 is 10.2 Å². The van der Waals surface area contributed by atoms with Crippen LogP contribution in [0.4, 0.5) is 11.5 Å².